The van der Waals surface area contributed by atoms with E-state index in [0.717, 1.165) is 33.2 Å². The van der Waals surface area contributed by atoms with Gasteiger partial charge in [-0.05, 0) is 74.4 Å². The Morgan fingerprint density at radius 3 is 2.41 bits per heavy atom. The topological polar surface area (TPSA) is 67.2 Å². The minimum Gasteiger partial charge on any atom is -0.303 e. The van der Waals surface area contributed by atoms with Crippen LogP contribution in [-0.2, 0) is 4.79 Å². The van der Waals surface area contributed by atoms with Crippen LogP contribution < -0.4 is 10.2 Å². The first-order chi connectivity index (χ1) is 13.8. The Kier molecular flexibility index (Phi) is 4.72. The number of aromatic nitrogens is 2. The Labute approximate surface area is 173 Å². The van der Waals surface area contributed by atoms with Gasteiger partial charge in [0.15, 0.2) is 0 Å². The predicted octanol–water partition coefficient (Wildman–Crippen LogP) is 4.55. The number of hydrogen-bond acceptors (Lipinski definition) is 3. The van der Waals surface area contributed by atoms with Gasteiger partial charge in [0.25, 0.3) is 5.91 Å². The predicted molar refractivity (Wildman–Crippen MR) is 113 cm³/mol. The molecule has 0 atom stereocenters. The van der Waals surface area contributed by atoms with E-state index >= 15 is 0 Å². The summed E-state index contributed by atoms with van der Waals surface area (Å²) >= 11 is 5.90. The van der Waals surface area contributed by atoms with Crippen LogP contribution in [0.1, 0.15) is 22.5 Å². The van der Waals surface area contributed by atoms with Crippen molar-refractivity contribution in [2.75, 3.05) is 4.90 Å². The Morgan fingerprint density at radius 1 is 1.03 bits per heavy atom. The van der Waals surface area contributed by atoms with E-state index in [1.54, 1.807) is 30.3 Å². The van der Waals surface area contributed by atoms with Crippen LogP contribution in [0.15, 0.2) is 54.4 Å². The van der Waals surface area contributed by atoms with Crippen molar-refractivity contribution in [3.05, 3.63) is 81.9 Å². The molecule has 6 nitrogen and oxygen atoms in total. The van der Waals surface area contributed by atoms with Gasteiger partial charge in [0.2, 0.25) is 0 Å². The Bertz CT molecular complexity index is 1140. The molecule has 1 aliphatic rings. The number of amides is 3. The number of nitrogens with zero attached hydrogens (tertiary/aromatic N) is 3. The highest BCUT2D eigenvalue weighted by Crippen LogP contribution is 2.26. The largest absolute Gasteiger partial charge is 0.333 e. The highest BCUT2D eigenvalue weighted by Gasteiger charge is 2.35. The van der Waals surface area contributed by atoms with Gasteiger partial charge in [-0.3, -0.25) is 4.79 Å². The molecule has 1 fully saturated rings. The second-order valence-corrected chi connectivity index (χ2v) is 7.40. The maximum atomic E-state index is 12.8. The van der Waals surface area contributed by atoms with Crippen molar-refractivity contribution in [1.82, 2.24) is 14.9 Å². The van der Waals surface area contributed by atoms with Gasteiger partial charge >= 0.3 is 6.03 Å². The minimum absolute atomic E-state index is 0.224. The lowest BCUT2D eigenvalue weighted by Gasteiger charge is -2.11. The van der Waals surface area contributed by atoms with E-state index in [1.165, 1.54) is 0 Å². The van der Waals surface area contributed by atoms with Crippen LogP contribution in [0.2, 0.25) is 5.02 Å². The van der Waals surface area contributed by atoms with Crippen molar-refractivity contribution in [3.63, 3.8) is 0 Å². The number of nitrogens with one attached hydrogen (secondary N) is 1. The number of halogens is 1. The molecule has 0 bridgehead atoms. The molecule has 3 aromatic rings. The van der Waals surface area contributed by atoms with Crippen molar-refractivity contribution in [1.29, 1.82) is 0 Å². The van der Waals surface area contributed by atoms with Crippen LogP contribution in [0, 0.1) is 20.8 Å². The second kappa shape index (κ2) is 7.22. The van der Waals surface area contributed by atoms with Crippen LogP contribution in [0.4, 0.5) is 10.5 Å². The summed E-state index contributed by atoms with van der Waals surface area (Å²) in [4.78, 5) is 30.8. The van der Waals surface area contributed by atoms with Crippen molar-refractivity contribution in [3.8, 4) is 5.82 Å². The highest BCUT2D eigenvalue weighted by atomic mass is 35.5. The average molecular weight is 407 g/mol. The smallest absolute Gasteiger partial charge is 0.303 e. The van der Waals surface area contributed by atoms with Crippen molar-refractivity contribution >= 4 is 35.3 Å². The van der Waals surface area contributed by atoms with Crippen LogP contribution in [0.25, 0.3) is 11.9 Å². The summed E-state index contributed by atoms with van der Waals surface area (Å²) in [7, 11) is 0. The number of urea groups is 1. The number of anilines is 1. The molecule has 3 heterocycles. The van der Waals surface area contributed by atoms with Crippen LogP contribution in [0.3, 0.4) is 0 Å². The molecule has 0 spiro atoms. The lowest BCUT2D eigenvalue weighted by molar-refractivity contribution is -0.113. The maximum Gasteiger partial charge on any atom is 0.333 e. The SMILES string of the molecule is Cc1ccc(-n2c(C)cc(/C=C3/NC(=O)N(c4ccc(Cl)cc4)C3=O)c2C)nc1. The number of imide groups is 1. The summed E-state index contributed by atoms with van der Waals surface area (Å²) in [5.74, 6) is 0.399. The molecule has 3 amide bonds. The van der Waals surface area contributed by atoms with E-state index < -0.39 is 11.9 Å². The first-order valence-corrected chi connectivity index (χ1v) is 9.47. The third-order valence-electron chi connectivity index (χ3n) is 4.86. The zero-order chi connectivity index (χ0) is 20.7. The lowest BCUT2D eigenvalue weighted by atomic mass is 10.2. The van der Waals surface area contributed by atoms with Crippen molar-refractivity contribution in [2.24, 2.45) is 0 Å². The molecular formula is C22H19ClN4O2. The molecular weight excluding hydrogens is 388 g/mol. The number of hydrogen-bond donors (Lipinski definition) is 1. The van der Waals surface area contributed by atoms with Gasteiger partial charge in [-0.15, -0.1) is 0 Å². The van der Waals surface area contributed by atoms with Gasteiger partial charge in [0.05, 0.1) is 5.69 Å². The molecule has 4 rings (SSSR count). The molecule has 0 unspecified atom stereocenters. The van der Waals surface area contributed by atoms with E-state index in [2.05, 4.69) is 10.3 Å². The molecule has 1 N–H and O–H groups in total. The Balaban J connectivity index is 1.69. The number of benzene rings is 1. The molecule has 0 radical (unpaired) electrons. The number of pyridine rings is 1. The maximum absolute atomic E-state index is 12.8. The van der Waals surface area contributed by atoms with Crippen molar-refractivity contribution in [2.45, 2.75) is 20.8 Å². The van der Waals surface area contributed by atoms with Gasteiger partial charge in [-0.2, -0.15) is 0 Å². The lowest BCUT2D eigenvalue weighted by Crippen LogP contribution is -2.30. The Morgan fingerprint density at radius 2 is 1.76 bits per heavy atom. The third kappa shape index (κ3) is 3.43. The van der Waals surface area contributed by atoms with Gasteiger partial charge in [-0.1, -0.05) is 17.7 Å². The first kappa shape index (κ1) is 19.0. The third-order valence-corrected chi connectivity index (χ3v) is 5.11. The van der Waals surface area contributed by atoms with E-state index in [-0.39, 0.29) is 5.70 Å². The molecule has 1 aromatic carbocycles. The molecule has 2 aromatic heterocycles. The van der Waals surface area contributed by atoms with Crippen LogP contribution >= 0.6 is 11.6 Å². The monoisotopic (exact) mass is 406 g/mol. The number of carbonyl (C=O) groups is 2. The highest BCUT2D eigenvalue weighted by molar-refractivity contribution is 6.31. The van der Waals surface area contributed by atoms with E-state index in [0.29, 0.717) is 10.7 Å². The summed E-state index contributed by atoms with van der Waals surface area (Å²) in [5.41, 5.74) is 4.53. The second-order valence-electron chi connectivity index (χ2n) is 6.96. The molecule has 29 heavy (non-hydrogen) atoms. The normalized spacial score (nSPS) is 15.3. The zero-order valence-corrected chi connectivity index (χ0v) is 17.0. The number of aryl methyl sites for hydroxylation is 2. The zero-order valence-electron chi connectivity index (χ0n) is 16.2. The van der Waals surface area contributed by atoms with Crippen LogP contribution in [0.5, 0.6) is 0 Å². The quantitative estimate of drug-likeness (QED) is 0.512. The van der Waals surface area contributed by atoms with Gasteiger partial charge < -0.3 is 9.88 Å². The molecule has 0 aliphatic carbocycles. The molecule has 1 aliphatic heterocycles. The standard InChI is InChI=1S/C22H19ClN4O2/c1-13-4-9-20(24-12-13)26-14(2)10-16(15(26)3)11-19-21(28)27(22(29)25-19)18-7-5-17(23)6-8-18/h4-12H,1-3H3,(H,25,29)/b19-11+. The summed E-state index contributed by atoms with van der Waals surface area (Å²) < 4.78 is 2.02. The summed E-state index contributed by atoms with van der Waals surface area (Å²) in [6.07, 6.45) is 3.51. The minimum atomic E-state index is -0.488. The molecule has 7 heteroatoms. The molecule has 1 saturated heterocycles. The average Bonchev–Trinajstić information content (AvgIpc) is 3.12. The van der Waals surface area contributed by atoms with E-state index in [1.807, 2.05) is 49.7 Å². The van der Waals surface area contributed by atoms with Crippen molar-refractivity contribution < 1.29 is 9.59 Å². The van der Waals surface area contributed by atoms with Crippen LogP contribution in [-0.4, -0.2) is 21.5 Å². The summed E-state index contributed by atoms with van der Waals surface area (Å²) in [5, 5.41) is 3.20. The fourth-order valence-electron chi connectivity index (χ4n) is 3.39. The summed E-state index contributed by atoms with van der Waals surface area (Å²) in [6.45, 7) is 5.92. The molecule has 146 valence electrons. The number of carbonyl (C=O) groups excluding carboxylic acids is 2. The number of rotatable bonds is 3. The molecule has 0 saturated carbocycles. The van der Waals surface area contributed by atoms with E-state index in [4.69, 9.17) is 11.6 Å². The first-order valence-electron chi connectivity index (χ1n) is 9.10. The van der Waals surface area contributed by atoms with Gasteiger partial charge in [0, 0.05) is 22.6 Å². The van der Waals surface area contributed by atoms with Gasteiger partial charge in [-0.25, -0.2) is 14.7 Å². The fourth-order valence-corrected chi connectivity index (χ4v) is 3.52. The van der Waals surface area contributed by atoms with E-state index in [9.17, 15) is 9.59 Å². The van der Waals surface area contributed by atoms with Gasteiger partial charge in [0.1, 0.15) is 11.5 Å². The summed E-state index contributed by atoms with van der Waals surface area (Å²) in [6, 6.07) is 12.0. The Hall–Kier alpha value is -3.38. The fraction of sp³-hybridized carbons (Fsp3) is 0.136.